The van der Waals surface area contributed by atoms with Crippen molar-refractivity contribution in [3.63, 3.8) is 0 Å². The molecule has 0 aliphatic carbocycles. The molecule has 1 amide bonds. The van der Waals surface area contributed by atoms with Gasteiger partial charge in [-0.3, -0.25) is 14.9 Å². The zero-order valence-corrected chi connectivity index (χ0v) is 16.6. The molecule has 1 N–H and O–H groups in total. The fourth-order valence-corrected chi connectivity index (χ4v) is 2.81. The summed E-state index contributed by atoms with van der Waals surface area (Å²) in [6.45, 7) is 8.24. The first kappa shape index (κ1) is 21.1. The lowest BCUT2D eigenvalue weighted by molar-refractivity contribution is -0.384. The highest BCUT2D eigenvalue weighted by molar-refractivity contribution is 6.06. The van der Waals surface area contributed by atoms with E-state index in [0.29, 0.717) is 11.6 Å². The monoisotopic (exact) mass is 384 g/mol. The van der Waals surface area contributed by atoms with Gasteiger partial charge in [0.15, 0.2) is 0 Å². The molecule has 0 spiro atoms. The molecule has 0 radical (unpaired) electrons. The van der Waals surface area contributed by atoms with Gasteiger partial charge in [0.1, 0.15) is 0 Å². The van der Waals surface area contributed by atoms with Crippen molar-refractivity contribution in [1.29, 1.82) is 0 Å². The fourth-order valence-electron chi connectivity index (χ4n) is 2.81. The minimum Gasteiger partial charge on any atom is -0.465 e. The number of esters is 1. The molecule has 0 saturated heterocycles. The summed E-state index contributed by atoms with van der Waals surface area (Å²) >= 11 is 0. The van der Waals surface area contributed by atoms with Crippen LogP contribution >= 0.6 is 0 Å². The van der Waals surface area contributed by atoms with Crippen LogP contribution in [0.15, 0.2) is 36.4 Å². The van der Waals surface area contributed by atoms with Gasteiger partial charge >= 0.3 is 5.97 Å². The SMILES string of the molecule is COC(=O)c1cc(C(=O)Nc2ccc(C(C)C)cc2C(C)C)cc([N+](=O)[O-])c1. The minimum atomic E-state index is -0.748. The number of hydrogen-bond donors (Lipinski definition) is 1. The number of nitro groups is 1. The van der Waals surface area contributed by atoms with Gasteiger partial charge in [0, 0.05) is 23.4 Å². The van der Waals surface area contributed by atoms with Crippen LogP contribution in [0.3, 0.4) is 0 Å². The lowest BCUT2D eigenvalue weighted by Crippen LogP contribution is -2.15. The Kier molecular flexibility index (Phi) is 6.51. The van der Waals surface area contributed by atoms with Gasteiger partial charge in [0.25, 0.3) is 11.6 Å². The maximum atomic E-state index is 12.8. The van der Waals surface area contributed by atoms with Crippen LogP contribution < -0.4 is 5.32 Å². The van der Waals surface area contributed by atoms with E-state index < -0.39 is 16.8 Å². The number of carbonyl (C=O) groups is 2. The van der Waals surface area contributed by atoms with Crippen molar-refractivity contribution in [2.24, 2.45) is 0 Å². The van der Waals surface area contributed by atoms with Gasteiger partial charge in [-0.05, 0) is 35.1 Å². The molecule has 28 heavy (non-hydrogen) atoms. The number of amides is 1. The molecule has 0 bridgehead atoms. The van der Waals surface area contributed by atoms with Gasteiger partial charge in [-0.15, -0.1) is 0 Å². The van der Waals surface area contributed by atoms with Crippen LogP contribution in [0, 0.1) is 10.1 Å². The third-order valence-corrected chi connectivity index (χ3v) is 4.42. The van der Waals surface area contributed by atoms with Crippen LogP contribution in [-0.2, 0) is 4.74 Å². The van der Waals surface area contributed by atoms with Gasteiger partial charge in [-0.25, -0.2) is 4.79 Å². The minimum absolute atomic E-state index is 0.0113. The van der Waals surface area contributed by atoms with Crippen molar-refractivity contribution < 1.29 is 19.2 Å². The number of non-ortho nitro benzene ring substituents is 1. The van der Waals surface area contributed by atoms with E-state index in [1.807, 2.05) is 26.0 Å². The summed E-state index contributed by atoms with van der Waals surface area (Å²) in [5.74, 6) is -0.763. The molecule has 7 heteroatoms. The number of anilines is 1. The molecule has 0 saturated carbocycles. The van der Waals surface area contributed by atoms with E-state index in [1.54, 1.807) is 0 Å². The summed E-state index contributed by atoms with van der Waals surface area (Å²) in [5, 5.41) is 14.0. The second-order valence-electron chi connectivity index (χ2n) is 7.13. The summed E-state index contributed by atoms with van der Waals surface area (Å²) in [6.07, 6.45) is 0. The Morgan fingerprint density at radius 2 is 1.64 bits per heavy atom. The summed E-state index contributed by atoms with van der Waals surface area (Å²) in [7, 11) is 1.17. The number of nitrogens with zero attached hydrogens (tertiary/aromatic N) is 1. The molecule has 0 aromatic heterocycles. The molecule has 148 valence electrons. The zero-order valence-electron chi connectivity index (χ0n) is 16.6. The first-order valence-corrected chi connectivity index (χ1v) is 8.97. The van der Waals surface area contributed by atoms with Crippen molar-refractivity contribution >= 4 is 23.3 Å². The van der Waals surface area contributed by atoms with Gasteiger partial charge in [0.05, 0.1) is 17.6 Å². The molecule has 0 heterocycles. The molecule has 2 aromatic carbocycles. The quantitative estimate of drug-likeness (QED) is 0.435. The number of methoxy groups -OCH3 is 1. The summed E-state index contributed by atoms with van der Waals surface area (Å²) in [6, 6.07) is 9.34. The van der Waals surface area contributed by atoms with Gasteiger partial charge in [-0.2, -0.15) is 0 Å². The Labute approximate surface area is 163 Å². The maximum absolute atomic E-state index is 12.8. The molecule has 0 aliphatic heterocycles. The molecule has 7 nitrogen and oxygen atoms in total. The van der Waals surface area contributed by atoms with Crippen LogP contribution in [-0.4, -0.2) is 23.9 Å². The first-order valence-electron chi connectivity index (χ1n) is 8.97. The standard InChI is InChI=1S/C21H24N2O5/c1-12(2)14-6-7-19(18(11-14)13(3)4)22-20(24)15-8-16(21(25)28-5)10-17(9-15)23(26)27/h6-13H,1-5H3,(H,22,24). The molecular weight excluding hydrogens is 360 g/mol. The number of carbonyl (C=O) groups excluding carboxylic acids is 2. The summed E-state index contributed by atoms with van der Waals surface area (Å²) in [4.78, 5) is 35.1. The maximum Gasteiger partial charge on any atom is 0.338 e. The predicted octanol–water partition coefficient (Wildman–Crippen LogP) is 4.88. The second-order valence-corrected chi connectivity index (χ2v) is 7.13. The van der Waals surface area contributed by atoms with E-state index >= 15 is 0 Å². The Morgan fingerprint density at radius 3 is 2.18 bits per heavy atom. The molecule has 0 aliphatic rings. The Bertz CT molecular complexity index is 919. The van der Waals surface area contributed by atoms with E-state index in [4.69, 9.17) is 0 Å². The van der Waals surface area contributed by atoms with Crippen molar-refractivity contribution in [3.8, 4) is 0 Å². The number of nitro benzene ring substituents is 1. The molecule has 0 fully saturated rings. The lowest BCUT2D eigenvalue weighted by Gasteiger charge is -2.17. The average Bonchev–Trinajstić information content (AvgIpc) is 2.66. The first-order chi connectivity index (χ1) is 13.1. The van der Waals surface area contributed by atoms with Gasteiger partial charge in [0.2, 0.25) is 0 Å². The topological polar surface area (TPSA) is 98.5 Å². The molecule has 0 atom stereocenters. The van der Waals surface area contributed by atoms with E-state index in [2.05, 4.69) is 30.0 Å². The second kappa shape index (κ2) is 8.65. The lowest BCUT2D eigenvalue weighted by atomic mass is 9.94. The number of nitrogens with one attached hydrogen (secondary N) is 1. The molecular formula is C21H24N2O5. The zero-order chi connectivity index (χ0) is 21.0. The Hall–Kier alpha value is -3.22. The Morgan fingerprint density at radius 1 is 1.00 bits per heavy atom. The fraction of sp³-hybridized carbons (Fsp3) is 0.333. The smallest absolute Gasteiger partial charge is 0.338 e. The number of hydrogen-bond acceptors (Lipinski definition) is 5. The average molecular weight is 384 g/mol. The highest BCUT2D eigenvalue weighted by atomic mass is 16.6. The van der Waals surface area contributed by atoms with E-state index in [-0.39, 0.29) is 22.7 Å². The molecule has 2 aromatic rings. The number of ether oxygens (including phenoxy) is 1. The van der Waals surface area contributed by atoms with Crippen molar-refractivity contribution in [3.05, 3.63) is 68.8 Å². The largest absolute Gasteiger partial charge is 0.465 e. The van der Waals surface area contributed by atoms with Crippen LogP contribution in [0.1, 0.15) is 71.4 Å². The van der Waals surface area contributed by atoms with Crippen molar-refractivity contribution in [2.45, 2.75) is 39.5 Å². The molecule has 2 rings (SSSR count). The van der Waals surface area contributed by atoms with Crippen LogP contribution in [0.25, 0.3) is 0 Å². The predicted molar refractivity (Wildman–Crippen MR) is 107 cm³/mol. The van der Waals surface area contributed by atoms with E-state index in [0.717, 1.165) is 23.3 Å². The summed E-state index contributed by atoms with van der Waals surface area (Å²) in [5.41, 5.74) is 2.37. The number of benzene rings is 2. The van der Waals surface area contributed by atoms with Crippen LogP contribution in [0.2, 0.25) is 0 Å². The molecule has 0 unspecified atom stereocenters. The van der Waals surface area contributed by atoms with Crippen molar-refractivity contribution in [2.75, 3.05) is 12.4 Å². The van der Waals surface area contributed by atoms with Crippen LogP contribution in [0.5, 0.6) is 0 Å². The van der Waals surface area contributed by atoms with Crippen molar-refractivity contribution in [1.82, 2.24) is 0 Å². The third kappa shape index (κ3) is 4.73. The van der Waals surface area contributed by atoms with Crippen LogP contribution in [0.4, 0.5) is 11.4 Å². The highest BCUT2D eigenvalue weighted by Crippen LogP contribution is 2.29. The Balaban J connectivity index is 2.43. The number of rotatable bonds is 6. The van der Waals surface area contributed by atoms with Gasteiger partial charge in [-0.1, -0.05) is 39.8 Å². The third-order valence-electron chi connectivity index (χ3n) is 4.42. The normalized spacial score (nSPS) is 10.8. The summed E-state index contributed by atoms with van der Waals surface area (Å²) < 4.78 is 4.62. The van der Waals surface area contributed by atoms with E-state index in [9.17, 15) is 19.7 Å². The van der Waals surface area contributed by atoms with Gasteiger partial charge < -0.3 is 10.1 Å². The van der Waals surface area contributed by atoms with E-state index in [1.165, 1.54) is 13.2 Å². The highest BCUT2D eigenvalue weighted by Gasteiger charge is 2.19.